The summed E-state index contributed by atoms with van der Waals surface area (Å²) in [5.74, 6) is 0. The highest BCUT2D eigenvalue weighted by Crippen LogP contribution is 2.59. The standard InChI is InChI=1S/C24H19OPS/c25-26(22-12-6-2-7-13-22,23-14-8-3-9-15-23)27-24-18-16-21(17-19-24)20-10-4-1-5-11-20/h1-19H. The summed E-state index contributed by atoms with van der Waals surface area (Å²) in [6.07, 6.45) is -2.82. The molecule has 132 valence electrons. The maximum absolute atomic E-state index is 14.1. The van der Waals surface area contributed by atoms with Crippen LogP contribution in [0.2, 0.25) is 0 Å². The minimum atomic E-state index is -2.82. The van der Waals surface area contributed by atoms with E-state index in [-0.39, 0.29) is 0 Å². The average Bonchev–Trinajstić information content (AvgIpc) is 2.76. The number of hydrogen-bond donors (Lipinski definition) is 0. The molecule has 0 spiro atoms. The van der Waals surface area contributed by atoms with Crippen LogP contribution in [0, 0.1) is 0 Å². The molecule has 0 unspecified atom stereocenters. The first-order valence-corrected chi connectivity index (χ1v) is 11.9. The molecular weight excluding hydrogens is 367 g/mol. The largest absolute Gasteiger partial charge is 0.302 e. The summed E-state index contributed by atoms with van der Waals surface area (Å²) < 4.78 is 14.1. The molecule has 0 saturated heterocycles. The van der Waals surface area contributed by atoms with Gasteiger partial charge in [0, 0.05) is 15.5 Å². The van der Waals surface area contributed by atoms with Crippen LogP contribution in [-0.4, -0.2) is 0 Å². The molecule has 1 nitrogen and oxygen atoms in total. The van der Waals surface area contributed by atoms with E-state index in [0.29, 0.717) is 0 Å². The fourth-order valence-electron chi connectivity index (χ4n) is 2.99. The van der Waals surface area contributed by atoms with Crippen molar-refractivity contribution in [1.82, 2.24) is 0 Å². The first kappa shape index (κ1) is 17.9. The van der Waals surface area contributed by atoms with Gasteiger partial charge in [-0.2, -0.15) is 0 Å². The van der Waals surface area contributed by atoms with Gasteiger partial charge in [-0.05, 0) is 23.3 Å². The lowest BCUT2D eigenvalue weighted by Crippen LogP contribution is -2.13. The van der Waals surface area contributed by atoms with Crippen LogP contribution >= 0.6 is 17.7 Å². The van der Waals surface area contributed by atoms with Gasteiger partial charge in [-0.1, -0.05) is 115 Å². The van der Waals surface area contributed by atoms with Crippen molar-refractivity contribution in [2.75, 3.05) is 0 Å². The van der Waals surface area contributed by atoms with Crippen LogP contribution in [0.15, 0.2) is 120 Å². The van der Waals surface area contributed by atoms with Crippen LogP contribution < -0.4 is 10.6 Å². The molecule has 0 aliphatic carbocycles. The maximum atomic E-state index is 14.1. The summed E-state index contributed by atoms with van der Waals surface area (Å²) >= 11 is 1.46. The summed E-state index contributed by atoms with van der Waals surface area (Å²) in [5, 5.41) is 1.74. The highest BCUT2D eigenvalue weighted by molar-refractivity contribution is 8.62. The van der Waals surface area contributed by atoms with Gasteiger partial charge >= 0.3 is 0 Å². The molecule has 0 aromatic heterocycles. The number of hydrogen-bond acceptors (Lipinski definition) is 2. The lowest BCUT2D eigenvalue weighted by Gasteiger charge is -2.18. The molecule has 0 atom stereocenters. The van der Waals surface area contributed by atoms with Gasteiger partial charge in [-0.15, -0.1) is 0 Å². The van der Waals surface area contributed by atoms with Gasteiger partial charge in [0.1, 0.15) is 0 Å². The van der Waals surface area contributed by atoms with Crippen molar-refractivity contribution >= 4 is 28.3 Å². The number of benzene rings is 4. The molecule has 0 saturated carbocycles. The first-order valence-electron chi connectivity index (χ1n) is 8.82. The Labute approximate surface area is 164 Å². The molecular formula is C24H19OPS. The average molecular weight is 386 g/mol. The summed E-state index contributed by atoms with van der Waals surface area (Å²) in [7, 11) is 0. The second-order valence-corrected chi connectivity index (χ2v) is 11.1. The van der Waals surface area contributed by atoms with E-state index in [9.17, 15) is 4.57 Å². The smallest absolute Gasteiger partial charge is 0.199 e. The fraction of sp³-hybridized carbons (Fsp3) is 0. The molecule has 4 aromatic rings. The Morgan fingerprint density at radius 1 is 0.481 bits per heavy atom. The van der Waals surface area contributed by atoms with Crippen molar-refractivity contribution in [3.63, 3.8) is 0 Å². The third-order valence-electron chi connectivity index (χ3n) is 4.39. The zero-order valence-electron chi connectivity index (χ0n) is 14.7. The van der Waals surface area contributed by atoms with E-state index in [1.807, 2.05) is 78.9 Å². The van der Waals surface area contributed by atoms with E-state index >= 15 is 0 Å². The summed E-state index contributed by atoms with van der Waals surface area (Å²) in [4.78, 5) is 1.01. The SMILES string of the molecule is O=P(Sc1ccc(-c2ccccc2)cc1)(c1ccccc1)c1ccccc1. The van der Waals surface area contributed by atoms with Crippen LogP contribution in [0.3, 0.4) is 0 Å². The molecule has 27 heavy (non-hydrogen) atoms. The van der Waals surface area contributed by atoms with Crippen molar-refractivity contribution in [3.05, 3.63) is 115 Å². The summed E-state index contributed by atoms with van der Waals surface area (Å²) in [5.41, 5.74) is 2.34. The van der Waals surface area contributed by atoms with Crippen LogP contribution in [0.5, 0.6) is 0 Å². The van der Waals surface area contributed by atoms with Crippen molar-refractivity contribution in [2.24, 2.45) is 0 Å². The fourth-order valence-corrected chi connectivity index (χ4v) is 7.80. The Hall–Kier alpha value is -2.54. The number of rotatable bonds is 5. The second-order valence-electron chi connectivity index (χ2n) is 6.20. The molecule has 0 aliphatic rings. The molecule has 4 rings (SSSR count). The molecule has 0 radical (unpaired) electrons. The van der Waals surface area contributed by atoms with E-state index in [4.69, 9.17) is 0 Å². The molecule has 4 aromatic carbocycles. The van der Waals surface area contributed by atoms with Crippen molar-refractivity contribution in [3.8, 4) is 11.1 Å². The molecule has 3 heteroatoms. The minimum Gasteiger partial charge on any atom is -0.302 e. The van der Waals surface area contributed by atoms with Gasteiger partial charge < -0.3 is 4.57 Å². The predicted octanol–water partition coefficient (Wildman–Crippen LogP) is 6.37. The molecule has 0 fully saturated rings. The van der Waals surface area contributed by atoms with Crippen LogP contribution in [-0.2, 0) is 4.57 Å². The van der Waals surface area contributed by atoms with Gasteiger partial charge in [0.15, 0.2) is 6.34 Å². The maximum Gasteiger partial charge on any atom is 0.199 e. The summed E-state index contributed by atoms with van der Waals surface area (Å²) in [6, 6.07) is 38.1. The Balaban J connectivity index is 1.70. The Bertz CT molecular complexity index is 1000. The third kappa shape index (κ3) is 3.93. The van der Waals surface area contributed by atoms with Gasteiger partial charge in [-0.3, -0.25) is 0 Å². The lowest BCUT2D eigenvalue weighted by molar-refractivity contribution is 0.595. The lowest BCUT2D eigenvalue weighted by atomic mass is 10.1. The van der Waals surface area contributed by atoms with Crippen molar-refractivity contribution in [1.29, 1.82) is 0 Å². The van der Waals surface area contributed by atoms with Gasteiger partial charge in [0.05, 0.1) is 0 Å². The molecule has 0 bridgehead atoms. The molecule has 0 heterocycles. The summed E-state index contributed by atoms with van der Waals surface area (Å²) in [6.45, 7) is 0. The molecule has 0 aliphatic heterocycles. The van der Waals surface area contributed by atoms with Gasteiger partial charge in [0.25, 0.3) is 0 Å². The van der Waals surface area contributed by atoms with Crippen molar-refractivity contribution in [2.45, 2.75) is 4.90 Å². The van der Waals surface area contributed by atoms with Crippen LogP contribution in [0.25, 0.3) is 11.1 Å². The van der Waals surface area contributed by atoms with E-state index in [0.717, 1.165) is 21.1 Å². The van der Waals surface area contributed by atoms with E-state index in [2.05, 4.69) is 36.4 Å². The Kier molecular flexibility index (Phi) is 5.29. The topological polar surface area (TPSA) is 17.1 Å². The molecule has 0 N–H and O–H groups in total. The first-order chi connectivity index (χ1) is 13.3. The molecule has 0 amide bonds. The van der Waals surface area contributed by atoms with Crippen LogP contribution in [0.1, 0.15) is 0 Å². The third-order valence-corrected chi connectivity index (χ3v) is 9.75. The minimum absolute atomic E-state index is 0.869. The predicted molar refractivity (Wildman–Crippen MR) is 117 cm³/mol. The van der Waals surface area contributed by atoms with Crippen molar-refractivity contribution < 1.29 is 4.57 Å². The second kappa shape index (κ2) is 8.00. The zero-order chi connectivity index (χ0) is 18.5. The van der Waals surface area contributed by atoms with Crippen LogP contribution in [0.4, 0.5) is 0 Å². The van der Waals surface area contributed by atoms with Gasteiger partial charge in [-0.25, -0.2) is 0 Å². The van der Waals surface area contributed by atoms with E-state index in [1.54, 1.807) is 0 Å². The Morgan fingerprint density at radius 3 is 1.37 bits per heavy atom. The Morgan fingerprint density at radius 2 is 0.889 bits per heavy atom. The van der Waals surface area contributed by atoms with Gasteiger partial charge in [0.2, 0.25) is 0 Å². The van der Waals surface area contributed by atoms with E-state index in [1.165, 1.54) is 16.9 Å². The monoisotopic (exact) mass is 386 g/mol. The zero-order valence-corrected chi connectivity index (χ0v) is 16.4. The normalized spacial score (nSPS) is 11.3. The highest BCUT2D eigenvalue weighted by atomic mass is 32.7. The van der Waals surface area contributed by atoms with E-state index < -0.39 is 6.34 Å². The quantitative estimate of drug-likeness (QED) is 0.371. The highest BCUT2D eigenvalue weighted by Gasteiger charge is 2.28.